The van der Waals surface area contributed by atoms with Crippen molar-refractivity contribution in [2.45, 2.75) is 39.4 Å². The molecule has 1 fully saturated rings. The molecule has 0 N–H and O–H groups in total. The van der Waals surface area contributed by atoms with Crippen LogP contribution in [0.15, 0.2) is 18.2 Å². The van der Waals surface area contributed by atoms with Crippen molar-refractivity contribution in [2.75, 3.05) is 18.0 Å². The lowest BCUT2D eigenvalue weighted by atomic mass is 10.0. The van der Waals surface area contributed by atoms with E-state index in [9.17, 15) is 14.9 Å². The fourth-order valence-corrected chi connectivity index (χ4v) is 2.79. The molecule has 0 aliphatic carbocycles. The first kappa shape index (κ1) is 15.4. The van der Waals surface area contributed by atoms with Gasteiger partial charge in [0.2, 0.25) is 0 Å². The van der Waals surface area contributed by atoms with Gasteiger partial charge in [-0.3, -0.25) is 14.9 Å². The smallest absolute Gasteiger partial charge is 0.293 e. The van der Waals surface area contributed by atoms with E-state index in [1.165, 1.54) is 13.0 Å². The van der Waals surface area contributed by atoms with Gasteiger partial charge in [-0.2, -0.15) is 0 Å². The van der Waals surface area contributed by atoms with Crippen molar-refractivity contribution in [3.05, 3.63) is 33.9 Å². The summed E-state index contributed by atoms with van der Waals surface area (Å²) in [5.74, 6) is -0.180. The number of Topliss-reactive ketones (excluding diaryl/α,β-unsaturated/α-hetero) is 1. The van der Waals surface area contributed by atoms with Crippen LogP contribution in [-0.2, 0) is 4.74 Å². The van der Waals surface area contributed by atoms with Crippen LogP contribution in [0.1, 0.15) is 38.1 Å². The van der Waals surface area contributed by atoms with Crippen LogP contribution in [-0.4, -0.2) is 35.5 Å². The third kappa shape index (κ3) is 3.39. The number of hydrogen-bond donors (Lipinski definition) is 0. The van der Waals surface area contributed by atoms with E-state index in [1.807, 2.05) is 25.7 Å². The summed E-state index contributed by atoms with van der Waals surface area (Å²) < 4.78 is 5.82. The van der Waals surface area contributed by atoms with E-state index in [0.29, 0.717) is 24.3 Å². The van der Waals surface area contributed by atoms with Crippen LogP contribution in [0.3, 0.4) is 0 Å². The Labute approximate surface area is 123 Å². The summed E-state index contributed by atoms with van der Waals surface area (Å²) in [4.78, 5) is 24.2. The number of morpholine rings is 1. The Morgan fingerprint density at radius 2 is 2.14 bits per heavy atom. The van der Waals surface area contributed by atoms with Crippen molar-refractivity contribution in [3.63, 3.8) is 0 Å². The Balaban J connectivity index is 2.43. The first-order valence-corrected chi connectivity index (χ1v) is 6.92. The molecule has 6 heteroatoms. The van der Waals surface area contributed by atoms with E-state index in [1.54, 1.807) is 12.1 Å². The van der Waals surface area contributed by atoms with Crippen LogP contribution in [0.5, 0.6) is 0 Å². The second-order valence-corrected chi connectivity index (χ2v) is 6.09. The third-order valence-electron chi connectivity index (χ3n) is 3.49. The summed E-state index contributed by atoms with van der Waals surface area (Å²) in [6.07, 6.45) is -0.0131. The summed E-state index contributed by atoms with van der Waals surface area (Å²) in [5.41, 5.74) is 0.483. The Hall–Kier alpha value is -1.95. The molecule has 1 saturated heterocycles. The molecule has 0 aromatic heterocycles. The first-order chi connectivity index (χ1) is 9.69. The molecule has 1 aromatic rings. The quantitative estimate of drug-likeness (QED) is 0.486. The van der Waals surface area contributed by atoms with E-state index in [2.05, 4.69) is 0 Å². The fraction of sp³-hybridized carbons (Fsp3) is 0.533. The maximum absolute atomic E-state index is 11.4. The number of nitro benzene ring substituents is 1. The highest BCUT2D eigenvalue weighted by atomic mass is 16.6. The fourth-order valence-electron chi connectivity index (χ4n) is 2.79. The van der Waals surface area contributed by atoms with E-state index >= 15 is 0 Å². The number of carbonyl (C=O) groups is 1. The van der Waals surface area contributed by atoms with Gasteiger partial charge in [0.25, 0.3) is 5.69 Å². The molecule has 0 saturated carbocycles. The van der Waals surface area contributed by atoms with E-state index < -0.39 is 4.92 Å². The lowest BCUT2D eigenvalue weighted by molar-refractivity contribution is -0.384. The second-order valence-electron chi connectivity index (χ2n) is 6.09. The van der Waals surface area contributed by atoms with Crippen LogP contribution in [0.2, 0.25) is 0 Å². The molecule has 1 aliphatic rings. The average Bonchev–Trinajstić information content (AvgIpc) is 2.35. The average molecular weight is 292 g/mol. The molecule has 0 amide bonds. The molecule has 0 radical (unpaired) electrons. The minimum atomic E-state index is -0.436. The molecule has 2 rings (SSSR count). The van der Waals surface area contributed by atoms with Crippen LogP contribution < -0.4 is 4.90 Å². The number of nitrogens with zero attached hydrogens (tertiary/aromatic N) is 2. The number of ketones is 1. The maximum Gasteiger partial charge on any atom is 0.293 e. The van der Waals surface area contributed by atoms with E-state index in [-0.39, 0.29) is 23.2 Å². The molecule has 6 nitrogen and oxygen atoms in total. The highest BCUT2D eigenvalue weighted by Crippen LogP contribution is 2.33. The van der Waals surface area contributed by atoms with Gasteiger partial charge in [-0.25, -0.2) is 0 Å². The lowest BCUT2D eigenvalue weighted by Crippen LogP contribution is -2.52. The zero-order valence-electron chi connectivity index (χ0n) is 12.8. The minimum Gasteiger partial charge on any atom is -0.369 e. The summed E-state index contributed by atoms with van der Waals surface area (Å²) >= 11 is 0. The number of benzene rings is 1. The van der Waals surface area contributed by atoms with Gasteiger partial charge in [-0.15, -0.1) is 0 Å². The van der Waals surface area contributed by atoms with Crippen molar-refractivity contribution >= 4 is 17.2 Å². The molecule has 1 atom stereocenters. The zero-order chi connectivity index (χ0) is 15.8. The van der Waals surface area contributed by atoms with E-state index in [4.69, 9.17) is 4.74 Å². The van der Waals surface area contributed by atoms with Gasteiger partial charge < -0.3 is 9.64 Å². The van der Waals surface area contributed by atoms with Crippen molar-refractivity contribution in [1.82, 2.24) is 0 Å². The van der Waals surface area contributed by atoms with Crippen molar-refractivity contribution < 1.29 is 14.5 Å². The minimum absolute atomic E-state index is 0.0131. The molecule has 1 unspecified atom stereocenters. The standard InChI is InChI=1S/C15H20N2O4/c1-10-8-16(9-15(3,4)21-10)13-6-5-12(11(2)18)7-14(13)17(19)20/h5-7,10H,8-9H2,1-4H3. The van der Waals surface area contributed by atoms with Crippen LogP contribution in [0, 0.1) is 10.1 Å². The number of carbonyl (C=O) groups excluding carboxylic acids is 1. The normalized spacial score (nSPS) is 21.1. The summed E-state index contributed by atoms with van der Waals surface area (Å²) in [5, 5.41) is 11.3. The Bertz CT molecular complexity index is 583. The van der Waals surface area contributed by atoms with Crippen LogP contribution in [0.4, 0.5) is 11.4 Å². The topological polar surface area (TPSA) is 72.7 Å². The van der Waals surface area contributed by atoms with Crippen molar-refractivity contribution in [2.24, 2.45) is 0 Å². The van der Waals surface area contributed by atoms with Gasteiger partial charge in [-0.05, 0) is 39.8 Å². The highest BCUT2D eigenvalue weighted by molar-refractivity contribution is 5.95. The van der Waals surface area contributed by atoms with Crippen LogP contribution >= 0.6 is 0 Å². The SMILES string of the molecule is CC(=O)c1ccc(N2CC(C)OC(C)(C)C2)c([N+](=O)[O-])c1. The van der Waals surface area contributed by atoms with Gasteiger partial charge in [0, 0.05) is 24.7 Å². The highest BCUT2D eigenvalue weighted by Gasteiger charge is 2.34. The molecule has 0 bridgehead atoms. The van der Waals surface area contributed by atoms with Gasteiger partial charge >= 0.3 is 0 Å². The number of ether oxygens (including phenoxy) is 1. The van der Waals surface area contributed by atoms with Crippen molar-refractivity contribution in [1.29, 1.82) is 0 Å². The number of hydrogen-bond acceptors (Lipinski definition) is 5. The molecular weight excluding hydrogens is 272 g/mol. The molecule has 114 valence electrons. The summed E-state index contributed by atoms with van der Waals surface area (Å²) in [7, 11) is 0. The summed E-state index contributed by atoms with van der Waals surface area (Å²) in [6, 6.07) is 4.64. The zero-order valence-corrected chi connectivity index (χ0v) is 12.8. The number of rotatable bonds is 3. The van der Waals surface area contributed by atoms with Gasteiger partial charge in [0.05, 0.1) is 16.6 Å². The molecule has 1 aliphatic heterocycles. The molecular formula is C15H20N2O4. The van der Waals surface area contributed by atoms with Crippen LogP contribution in [0.25, 0.3) is 0 Å². The van der Waals surface area contributed by atoms with Gasteiger partial charge in [0.15, 0.2) is 5.78 Å². The Kier molecular flexibility index (Phi) is 4.00. The molecule has 1 aromatic carbocycles. The van der Waals surface area contributed by atoms with Gasteiger partial charge in [-0.1, -0.05) is 0 Å². The summed E-state index contributed by atoms with van der Waals surface area (Å²) in [6.45, 7) is 8.43. The lowest BCUT2D eigenvalue weighted by Gasteiger charge is -2.42. The predicted octanol–water partition coefficient (Wildman–Crippen LogP) is 2.80. The number of anilines is 1. The maximum atomic E-state index is 11.4. The molecule has 0 spiro atoms. The third-order valence-corrected chi connectivity index (χ3v) is 3.49. The largest absolute Gasteiger partial charge is 0.369 e. The Morgan fingerprint density at radius 1 is 1.48 bits per heavy atom. The van der Waals surface area contributed by atoms with Gasteiger partial charge in [0.1, 0.15) is 5.69 Å². The molecule has 21 heavy (non-hydrogen) atoms. The Morgan fingerprint density at radius 3 is 2.67 bits per heavy atom. The van der Waals surface area contributed by atoms with Crippen molar-refractivity contribution in [3.8, 4) is 0 Å². The monoisotopic (exact) mass is 292 g/mol. The van der Waals surface area contributed by atoms with E-state index in [0.717, 1.165) is 0 Å². The molecule has 1 heterocycles. The second kappa shape index (κ2) is 5.44. The predicted molar refractivity (Wildman–Crippen MR) is 79.9 cm³/mol. The first-order valence-electron chi connectivity index (χ1n) is 6.92. The number of nitro groups is 1.